The van der Waals surface area contributed by atoms with Gasteiger partial charge in [-0.2, -0.15) is 0 Å². The molecule has 0 aliphatic heterocycles. The molecule has 1 amide bonds. The van der Waals surface area contributed by atoms with E-state index >= 15 is 0 Å². The first kappa shape index (κ1) is 34.6. The molecule has 0 spiro atoms. The first-order chi connectivity index (χ1) is 14.1. The SMILES string of the molecule is CC#Cc1ccc(C)c(C(=O)NCCCC[C@H](C(=O)O)N(CC(=O)O)CC(=O)O)c1.O.O.[Ni]. The molecular formula is C21H30N2NiO9. The summed E-state index contributed by atoms with van der Waals surface area (Å²) in [7, 11) is 0. The van der Waals surface area contributed by atoms with Gasteiger partial charge in [-0.1, -0.05) is 12.0 Å². The van der Waals surface area contributed by atoms with Crippen LogP contribution in [-0.4, -0.2) is 80.7 Å². The molecule has 1 aromatic rings. The van der Waals surface area contributed by atoms with Crippen LogP contribution in [0.1, 0.15) is 47.7 Å². The minimum absolute atomic E-state index is 0. The van der Waals surface area contributed by atoms with Crippen molar-refractivity contribution in [3.63, 3.8) is 0 Å². The maximum absolute atomic E-state index is 12.4. The fourth-order valence-electron chi connectivity index (χ4n) is 2.93. The number of aliphatic carboxylic acids is 3. The second-order valence-corrected chi connectivity index (χ2v) is 6.70. The third kappa shape index (κ3) is 12.6. The zero-order chi connectivity index (χ0) is 22.7. The second-order valence-electron chi connectivity index (χ2n) is 6.70. The number of aryl methyl sites for hydroxylation is 1. The molecule has 0 heterocycles. The molecule has 0 aliphatic carbocycles. The molecule has 0 saturated carbocycles. The zero-order valence-corrected chi connectivity index (χ0v) is 19.3. The van der Waals surface area contributed by atoms with Gasteiger partial charge in [-0.3, -0.25) is 24.1 Å². The molecule has 1 aromatic carbocycles. The standard InChI is InChI=1S/C21H26N2O7.Ni.2H2O/c1-3-6-15-9-8-14(2)16(11-15)20(28)22-10-5-4-7-17(21(29)30)23(12-18(24)25)13-19(26)27;;;/h8-9,11,17H,4-5,7,10,12-13H2,1-2H3,(H,22,28)(H,24,25)(H,26,27)(H,29,30);;2*1H2/t17-;;;/m1.../s1. The van der Waals surface area contributed by atoms with Crippen LogP contribution in [-0.2, 0) is 30.9 Å². The zero-order valence-electron chi connectivity index (χ0n) is 18.3. The largest absolute Gasteiger partial charge is 0.480 e. The second kappa shape index (κ2) is 17.6. The van der Waals surface area contributed by atoms with Gasteiger partial charge in [0.05, 0.1) is 13.1 Å². The number of carbonyl (C=O) groups excluding carboxylic acids is 1. The summed E-state index contributed by atoms with van der Waals surface area (Å²) >= 11 is 0. The topological polar surface area (TPSA) is 207 Å². The maximum Gasteiger partial charge on any atom is 0.320 e. The van der Waals surface area contributed by atoms with E-state index in [1.54, 1.807) is 13.0 Å². The number of carboxylic acids is 3. The van der Waals surface area contributed by atoms with E-state index in [0.717, 1.165) is 16.0 Å². The van der Waals surface area contributed by atoms with Gasteiger partial charge in [-0.15, -0.1) is 5.92 Å². The third-order valence-electron chi connectivity index (χ3n) is 4.34. The van der Waals surface area contributed by atoms with Gasteiger partial charge in [0.25, 0.3) is 5.91 Å². The molecule has 8 N–H and O–H groups in total. The number of carboxylic acid groups (broad SMARTS) is 3. The Hall–Kier alpha value is -2.97. The maximum atomic E-state index is 12.4. The van der Waals surface area contributed by atoms with Crippen LogP contribution < -0.4 is 5.32 Å². The van der Waals surface area contributed by atoms with E-state index in [-0.39, 0.29) is 39.8 Å². The number of rotatable bonds is 12. The molecule has 0 fully saturated rings. The van der Waals surface area contributed by atoms with Crippen molar-refractivity contribution in [2.75, 3.05) is 19.6 Å². The third-order valence-corrected chi connectivity index (χ3v) is 4.34. The van der Waals surface area contributed by atoms with E-state index < -0.39 is 37.0 Å². The number of amides is 1. The molecular weight excluding hydrogens is 483 g/mol. The Labute approximate surface area is 201 Å². The summed E-state index contributed by atoms with van der Waals surface area (Å²) < 4.78 is 0. The van der Waals surface area contributed by atoms with Gasteiger partial charge in [0.1, 0.15) is 6.04 Å². The van der Waals surface area contributed by atoms with Crippen LogP contribution in [0.25, 0.3) is 0 Å². The molecule has 188 valence electrons. The average molecular weight is 513 g/mol. The van der Waals surface area contributed by atoms with Crippen molar-refractivity contribution in [2.45, 2.75) is 39.2 Å². The van der Waals surface area contributed by atoms with Gasteiger partial charge in [0.2, 0.25) is 0 Å². The van der Waals surface area contributed by atoms with Crippen LogP contribution in [0.2, 0.25) is 0 Å². The molecule has 1 rings (SSSR count). The molecule has 0 aromatic heterocycles. The van der Waals surface area contributed by atoms with E-state index in [1.807, 2.05) is 19.1 Å². The van der Waals surface area contributed by atoms with Gasteiger partial charge >= 0.3 is 17.9 Å². The first-order valence-corrected chi connectivity index (χ1v) is 9.37. The normalized spacial score (nSPS) is 10.3. The summed E-state index contributed by atoms with van der Waals surface area (Å²) in [4.78, 5) is 46.6. The monoisotopic (exact) mass is 512 g/mol. The number of nitrogens with one attached hydrogen (secondary N) is 1. The molecule has 0 saturated heterocycles. The molecule has 11 nitrogen and oxygen atoms in total. The van der Waals surface area contributed by atoms with Crippen molar-refractivity contribution < 1.29 is 61.9 Å². The number of hydrogen-bond acceptors (Lipinski definition) is 5. The van der Waals surface area contributed by atoms with E-state index in [9.17, 15) is 24.3 Å². The summed E-state index contributed by atoms with van der Waals surface area (Å²) in [5, 5.41) is 29.9. The smallest absolute Gasteiger partial charge is 0.320 e. The number of benzene rings is 1. The van der Waals surface area contributed by atoms with E-state index in [0.29, 0.717) is 24.9 Å². The fourth-order valence-corrected chi connectivity index (χ4v) is 2.93. The predicted molar refractivity (Wildman–Crippen MR) is 115 cm³/mol. The number of unbranched alkanes of at least 4 members (excludes halogenated alkanes) is 1. The molecule has 1 atom stereocenters. The van der Waals surface area contributed by atoms with Crippen molar-refractivity contribution in [1.29, 1.82) is 0 Å². The summed E-state index contributed by atoms with van der Waals surface area (Å²) in [6, 6.07) is 4.11. The molecule has 0 radical (unpaired) electrons. The van der Waals surface area contributed by atoms with Crippen molar-refractivity contribution in [3.8, 4) is 11.8 Å². The van der Waals surface area contributed by atoms with Crippen LogP contribution in [0.5, 0.6) is 0 Å². The summed E-state index contributed by atoms with van der Waals surface area (Å²) in [6.45, 7) is 2.45. The Bertz CT molecular complexity index is 849. The Kier molecular flexibility index (Phi) is 18.4. The minimum Gasteiger partial charge on any atom is -0.480 e. The predicted octanol–water partition coefficient (Wildman–Crippen LogP) is -0.461. The van der Waals surface area contributed by atoms with Crippen LogP contribution in [0.15, 0.2) is 18.2 Å². The number of hydrogen-bond donors (Lipinski definition) is 4. The van der Waals surface area contributed by atoms with Crippen molar-refractivity contribution >= 4 is 23.8 Å². The number of nitrogens with zero attached hydrogens (tertiary/aromatic N) is 1. The van der Waals surface area contributed by atoms with Crippen LogP contribution >= 0.6 is 0 Å². The molecule has 0 aliphatic rings. The van der Waals surface area contributed by atoms with E-state index in [1.165, 1.54) is 0 Å². The Morgan fingerprint density at radius 3 is 2.09 bits per heavy atom. The quantitative estimate of drug-likeness (QED) is 0.163. The van der Waals surface area contributed by atoms with Crippen molar-refractivity contribution in [3.05, 3.63) is 34.9 Å². The van der Waals surface area contributed by atoms with Crippen LogP contribution in [0.3, 0.4) is 0 Å². The summed E-state index contributed by atoms with van der Waals surface area (Å²) in [5.74, 6) is 1.51. The molecule has 12 heteroatoms. The van der Waals surface area contributed by atoms with Crippen LogP contribution in [0, 0.1) is 18.8 Å². The molecule has 0 unspecified atom stereocenters. The van der Waals surface area contributed by atoms with Crippen molar-refractivity contribution in [1.82, 2.24) is 10.2 Å². The number of carbonyl (C=O) groups is 4. The minimum atomic E-state index is -1.31. The molecule has 0 bridgehead atoms. The van der Waals surface area contributed by atoms with E-state index in [4.69, 9.17) is 10.2 Å². The van der Waals surface area contributed by atoms with Crippen LogP contribution in [0.4, 0.5) is 0 Å². The Morgan fingerprint density at radius 1 is 1.03 bits per heavy atom. The van der Waals surface area contributed by atoms with Crippen molar-refractivity contribution in [2.24, 2.45) is 0 Å². The fraction of sp³-hybridized carbons (Fsp3) is 0.429. The molecule has 33 heavy (non-hydrogen) atoms. The first-order valence-electron chi connectivity index (χ1n) is 9.37. The van der Waals surface area contributed by atoms with Gasteiger partial charge in [0, 0.05) is 34.2 Å². The van der Waals surface area contributed by atoms with Gasteiger partial charge in [-0.05, 0) is 50.8 Å². The Balaban J connectivity index is -0.00000300. The van der Waals surface area contributed by atoms with Gasteiger partial charge < -0.3 is 31.6 Å². The summed E-state index contributed by atoms with van der Waals surface area (Å²) in [6.07, 6.45) is 0.886. The summed E-state index contributed by atoms with van der Waals surface area (Å²) in [5.41, 5.74) is 2.04. The average Bonchev–Trinajstić information content (AvgIpc) is 2.64. The Morgan fingerprint density at radius 2 is 1.61 bits per heavy atom. The van der Waals surface area contributed by atoms with E-state index in [2.05, 4.69) is 17.2 Å². The van der Waals surface area contributed by atoms with Gasteiger partial charge in [0.15, 0.2) is 0 Å². The van der Waals surface area contributed by atoms with Gasteiger partial charge in [-0.25, -0.2) is 0 Å².